The van der Waals surface area contributed by atoms with Crippen LogP contribution < -0.4 is 4.90 Å². The number of anilines is 1. The number of carbonyl (C=O) groups excluding carboxylic acids is 1. The highest BCUT2D eigenvalue weighted by Crippen LogP contribution is 2.22. The number of benzene rings is 1. The number of thioether (sulfide) groups is 1. The number of hydrogen-bond donors (Lipinski definition) is 0. The van der Waals surface area contributed by atoms with Gasteiger partial charge in [0, 0.05) is 44.9 Å². The average molecular weight is 414 g/mol. The van der Waals surface area contributed by atoms with E-state index in [2.05, 4.69) is 30.4 Å². The molecule has 1 fully saturated rings. The van der Waals surface area contributed by atoms with Crippen LogP contribution >= 0.6 is 11.8 Å². The molecule has 3 heterocycles. The first kappa shape index (κ1) is 19.2. The minimum absolute atomic E-state index is 0.0624. The molecule has 150 valence electrons. The lowest BCUT2D eigenvalue weighted by atomic mass is 10.1. The molecular weight excluding hydrogens is 395 g/mol. The summed E-state index contributed by atoms with van der Waals surface area (Å²) in [5.41, 5.74) is 1.57. The van der Waals surface area contributed by atoms with Crippen molar-refractivity contribution in [1.29, 1.82) is 0 Å². The molecule has 1 amide bonds. The van der Waals surface area contributed by atoms with Crippen LogP contribution in [0, 0.1) is 5.82 Å². The van der Waals surface area contributed by atoms with Crippen molar-refractivity contribution in [3.8, 4) is 11.3 Å². The van der Waals surface area contributed by atoms with Gasteiger partial charge in [-0.15, -0.1) is 5.10 Å². The van der Waals surface area contributed by atoms with Crippen LogP contribution in [0.4, 0.5) is 10.2 Å². The number of amides is 1. The van der Waals surface area contributed by atoms with Gasteiger partial charge in [0.1, 0.15) is 18.0 Å². The Morgan fingerprint density at radius 3 is 2.59 bits per heavy atom. The maximum atomic E-state index is 13.1. The van der Waals surface area contributed by atoms with Crippen molar-refractivity contribution in [2.75, 3.05) is 36.8 Å². The van der Waals surface area contributed by atoms with Gasteiger partial charge in [-0.1, -0.05) is 11.8 Å². The third-order valence-corrected chi connectivity index (χ3v) is 5.65. The lowest BCUT2D eigenvalue weighted by Crippen LogP contribution is -2.49. The summed E-state index contributed by atoms with van der Waals surface area (Å²) >= 11 is 1.33. The van der Waals surface area contributed by atoms with Crippen molar-refractivity contribution in [2.45, 2.75) is 5.16 Å². The monoisotopic (exact) mass is 414 g/mol. The Hall–Kier alpha value is -3.08. The highest BCUT2D eigenvalue weighted by atomic mass is 32.2. The number of carbonyl (C=O) groups is 1. The predicted octanol–water partition coefficient (Wildman–Crippen LogP) is 1.25. The molecule has 1 aliphatic heterocycles. The van der Waals surface area contributed by atoms with Gasteiger partial charge in [0.25, 0.3) is 0 Å². The molecule has 29 heavy (non-hydrogen) atoms. The van der Waals surface area contributed by atoms with Crippen LogP contribution in [0.5, 0.6) is 0 Å². The molecule has 0 aliphatic carbocycles. The molecule has 3 aromatic rings. The molecule has 0 radical (unpaired) electrons. The number of piperazine rings is 1. The fourth-order valence-corrected chi connectivity index (χ4v) is 3.80. The first-order chi connectivity index (χ1) is 14.1. The van der Waals surface area contributed by atoms with Crippen molar-refractivity contribution in [2.24, 2.45) is 7.05 Å². The summed E-state index contributed by atoms with van der Waals surface area (Å²) in [7, 11) is 1.74. The van der Waals surface area contributed by atoms with Crippen LogP contribution in [0.25, 0.3) is 11.3 Å². The van der Waals surface area contributed by atoms with E-state index >= 15 is 0 Å². The van der Waals surface area contributed by atoms with E-state index in [-0.39, 0.29) is 11.7 Å². The fourth-order valence-electron chi connectivity index (χ4n) is 3.04. The molecule has 1 aromatic carbocycles. The topological polar surface area (TPSA) is 92.9 Å². The quantitative estimate of drug-likeness (QED) is 0.576. The minimum atomic E-state index is -0.280. The van der Waals surface area contributed by atoms with Gasteiger partial charge < -0.3 is 9.80 Å². The molecule has 0 unspecified atom stereocenters. The van der Waals surface area contributed by atoms with E-state index in [0.717, 1.165) is 17.1 Å². The highest BCUT2D eigenvalue weighted by Gasteiger charge is 2.22. The molecule has 11 heteroatoms. The summed E-state index contributed by atoms with van der Waals surface area (Å²) < 4.78 is 14.7. The molecule has 1 aliphatic rings. The van der Waals surface area contributed by atoms with Crippen molar-refractivity contribution >= 4 is 23.5 Å². The number of nitrogens with zero attached hydrogens (tertiary/aromatic N) is 8. The van der Waals surface area contributed by atoms with Gasteiger partial charge in [0.2, 0.25) is 11.1 Å². The Kier molecular flexibility index (Phi) is 5.65. The zero-order valence-corrected chi connectivity index (χ0v) is 16.6. The standard InChI is InChI=1S/C18H19FN8OS/c1-25-18(22-23-24-25)29-11-17(28)27-8-6-26(7-9-27)16-10-15(20-12-21-16)13-2-4-14(19)5-3-13/h2-5,10,12H,6-9,11H2,1H3. The van der Waals surface area contributed by atoms with Crippen LogP contribution in [-0.4, -0.2) is 72.9 Å². The van der Waals surface area contributed by atoms with Gasteiger partial charge in [-0.2, -0.15) is 0 Å². The summed E-state index contributed by atoms with van der Waals surface area (Å²) in [4.78, 5) is 25.1. The van der Waals surface area contributed by atoms with Crippen LogP contribution in [0.2, 0.25) is 0 Å². The largest absolute Gasteiger partial charge is 0.353 e. The van der Waals surface area contributed by atoms with Gasteiger partial charge in [-0.25, -0.2) is 19.0 Å². The molecule has 0 N–H and O–H groups in total. The van der Waals surface area contributed by atoms with Crippen LogP contribution in [0.15, 0.2) is 41.8 Å². The fraction of sp³-hybridized carbons (Fsp3) is 0.333. The van der Waals surface area contributed by atoms with E-state index in [9.17, 15) is 9.18 Å². The van der Waals surface area contributed by atoms with Crippen molar-refractivity contribution in [1.82, 2.24) is 35.1 Å². The zero-order chi connectivity index (χ0) is 20.2. The normalized spacial score (nSPS) is 14.3. The van der Waals surface area contributed by atoms with Crippen molar-refractivity contribution < 1.29 is 9.18 Å². The molecule has 2 aromatic heterocycles. The van der Waals surface area contributed by atoms with E-state index in [4.69, 9.17) is 0 Å². The average Bonchev–Trinajstić information content (AvgIpc) is 3.17. The van der Waals surface area contributed by atoms with Gasteiger partial charge >= 0.3 is 0 Å². The summed E-state index contributed by atoms with van der Waals surface area (Å²) in [6, 6.07) is 8.11. The highest BCUT2D eigenvalue weighted by molar-refractivity contribution is 7.99. The summed E-state index contributed by atoms with van der Waals surface area (Å²) in [5, 5.41) is 11.8. The third-order valence-electron chi connectivity index (χ3n) is 4.66. The van der Waals surface area contributed by atoms with Gasteiger partial charge in [-0.3, -0.25) is 4.79 Å². The SMILES string of the molecule is Cn1nnnc1SCC(=O)N1CCN(c2cc(-c3ccc(F)cc3)ncn2)CC1. The Morgan fingerprint density at radius 2 is 1.90 bits per heavy atom. The maximum Gasteiger partial charge on any atom is 0.233 e. The second-order valence-corrected chi connectivity index (χ2v) is 7.45. The second-order valence-electron chi connectivity index (χ2n) is 6.51. The van der Waals surface area contributed by atoms with Gasteiger partial charge in [0.05, 0.1) is 11.4 Å². The van der Waals surface area contributed by atoms with E-state index in [1.54, 1.807) is 23.9 Å². The van der Waals surface area contributed by atoms with Crippen LogP contribution in [-0.2, 0) is 11.8 Å². The van der Waals surface area contributed by atoms with Crippen molar-refractivity contribution in [3.63, 3.8) is 0 Å². The summed E-state index contributed by atoms with van der Waals surface area (Å²) in [5.74, 6) is 0.881. The van der Waals surface area contributed by atoms with Crippen LogP contribution in [0.3, 0.4) is 0 Å². The predicted molar refractivity (Wildman–Crippen MR) is 106 cm³/mol. The molecule has 0 bridgehead atoms. The number of aromatic nitrogens is 6. The van der Waals surface area contributed by atoms with E-state index in [1.165, 1.54) is 30.2 Å². The third kappa shape index (κ3) is 4.50. The van der Waals surface area contributed by atoms with E-state index in [1.807, 2.05) is 11.0 Å². The Balaban J connectivity index is 1.34. The second kappa shape index (κ2) is 8.52. The molecule has 0 spiro atoms. The van der Waals surface area contributed by atoms with Crippen LogP contribution in [0.1, 0.15) is 0 Å². The van der Waals surface area contributed by atoms with E-state index < -0.39 is 0 Å². The first-order valence-electron chi connectivity index (χ1n) is 9.06. The Morgan fingerprint density at radius 1 is 1.14 bits per heavy atom. The zero-order valence-electron chi connectivity index (χ0n) is 15.8. The molecule has 1 saturated heterocycles. The summed E-state index contributed by atoms with van der Waals surface area (Å²) in [6.07, 6.45) is 1.51. The number of hydrogen-bond acceptors (Lipinski definition) is 8. The molecular formula is C18H19FN8OS. The molecule has 0 atom stereocenters. The van der Waals surface area contributed by atoms with Crippen molar-refractivity contribution in [3.05, 3.63) is 42.5 Å². The molecule has 9 nitrogen and oxygen atoms in total. The first-order valence-corrected chi connectivity index (χ1v) is 10.0. The lowest BCUT2D eigenvalue weighted by molar-refractivity contribution is -0.128. The Bertz CT molecular complexity index is 988. The number of aryl methyl sites for hydroxylation is 1. The van der Waals surface area contributed by atoms with Gasteiger partial charge in [0.15, 0.2) is 0 Å². The molecule has 4 rings (SSSR count). The molecule has 0 saturated carbocycles. The summed E-state index contributed by atoms with van der Waals surface area (Å²) in [6.45, 7) is 2.60. The maximum absolute atomic E-state index is 13.1. The minimum Gasteiger partial charge on any atom is -0.353 e. The number of rotatable bonds is 5. The smallest absolute Gasteiger partial charge is 0.233 e. The lowest BCUT2D eigenvalue weighted by Gasteiger charge is -2.35. The Labute approximate surface area is 170 Å². The van der Waals surface area contributed by atoms with Gasteiger partial charge in [-0.05, 0) is 34.7 Å². The van der Waals surface area contributed by atoms with E-state index in [0.29, 0.717) is 37.1 Å². The number of halogens is 1. The number of tetrazole rings is 1.